The van der Waals surface area contributed by atoms with Crippen molar-refractivity contribution in [1.29, 1.82) is 0 Å². The molecular weight excluding hydrogens is 288 g/mol. The van der Waals surface area contributed by atoms with E-state index in [1.165, 1.54) is 0 Å². The van der Waals surface area contributed by atoms with Gasteiger partial charge in [-0.05, 0) is 24.6 Å². The zero-order valence-electron chi connectivity index (χ0n) is 13.0. The van der Waals surface area contributed by atoms with E-state index in [0.717, 1.165) is 11.3 Å². The lowest BCUT2D eigenvalue weighted by atomic mass is 10.2. The van der Waals surface area contributed by atoms with E-state index in [9.17, 15) is 4.79 Å². The van der Waals surface area contributed by atoms with Gasteiger partial charge in [0.15, 0.2) is 5.69 Å². The first-order chi connectivity index (χ1) is 11.3. The maximum absolute atomic E-state index is 12.6. The van der Waals surface area contributed by atoms with E-state index in [1.54, 1.807) is 15.8 Å². The first-order valence-electron chi connectivity index (χ1n) is 7.59. The molecule has 3 aromatic rings. The van der Waals surface area contributed by atoms with Gasteiger partial charge in [-0.3, -0.25) is 4.79 Å². The molecule has 0 radical (unpaired) electrons. The van der Waals surface area contributed by atoms with Crippen LogP contribution in [-0.2, 0) is 6.54 Å². The van der Waals surface area contributed by atoms with Crippen LogP contribution in [0.15, 0.2) is 66.9 Å². The summed E-state index contributed by atoms with van der Waals surface area (Å²) in [6.07, 6.45) is 1.67. The number of carbonyl (C=O) groups is 1. The monoisotopic (exact) mass is 306 g/mol. The van der Waals surface area contributed by atoms with E-state index in [2.05, 4.69) is 10.3 Å². The standard InChI is InChI=1S/C18H18N4O/c1-2-21(13-15-9-5-3-6-10-15)18(23)17-14-22(20-19-17)16-11-7-4-8-12-16/h3-12,14H,2,13H2,1H3. The summed E-state index contributed by atoms with van der Waals surface area (Å²) >= 11 is 0. The third-order valence-electron chi connectivity index (χ3n) is 3.62. The molecule has 0 fully saturated rings. The van der Waals surface area contributed by atoms with Crippen LogP contribution in [0, 0.1) is 0 Å². The molecule has 116 valence electrons. The number of nitrogens with zero attached hydrogens (tertiary/aromatic N) is 4. The summed E-state index contributed by atoms with van der Waals surface area (Å²) in [6, 6.07) is 19.6. The summed E-state index contributed by atoms with van der Waals surface area (Å²) in [5.74, 6) is -0.112. The largest absolute Gasteiger partial charge is 0.333 e. The van der Waals surface area contributed by atoms with Crippen LogP contribution in [0.25, 0.3) is 5.69 Å². The number of carbonyl (C=O) groups excluding carboxylic acids is 1. The van der Waals surface area contributed by atoms with Crippen LogP contribution >= 0.6 is 0 Å². The van der Waals surface area contributed by atoms with Gasteiger partial charge in [0.2, 0.25) is 0 Å². The van der Waals surface area contributed by atoms with Gasteiger partial charge in [-0.2, -0.15) is 0 Å². The van der Waals surface area contributed by atoms with Crippen molar-refractivity contribution in [3.63, 3.8) is 0 Å². The molecule has 1 aromatic heterocycles. The summed E-state index contributed by atoms with van der Waals surface area (Å²) in [7, 11) is 0. The SMILES string of the molecule is CCN(Cc1ccccc1)C(=O)c1cn(-c2ccccc2)nn1. The van der Waals surface area contributed by atoms with Gasteiger partial charge in [0, 0.05) is 13.1 Å². The molecule has 0 saturated heterocycles. The highest BCUT2D eigenvalue weighted by atomic mass is 16.2. The lowest BCUT2D eigenvalue weighted by molar-refractivity contribution is 0.0746. The molecule has 1 amide bonds. The molecule has 0 aliphatic rings. The van der Waals surface area contributed by atoms with Crippen LogP contribution in [0.4, 0.5) is 0 Å². The Morgan fingerprint density at radius 3 is 2.35 bits per heavy atom. The van der Waals surface area contributed by atoms with E-state index in [-0.39, 0.29) is 5.91 Å². The summed E-state index contributed by atoms with van der Waals surface area (Å²) in [5.41, 5.74) is 2.33. The Morgan fingerprint density at radius 1 is 1.04 bits per heavy atom. The van der Waals surface area contributed by atoms with Gasteiger partial charge < -0.3 is 4.90 Å². The van der Waals surface area contributed by atoms with Crippen molar-refractivity contribution >= 4 is 5.91 Å². The van der Waals surface area contributed by atoms with E-state index < -0.39 is 0 Å². The van der Waals surface area contributed by atoms with Crippen molar-refractivity contribution in [2.75, 3.05) is 6.54 Å². The maximum atomic E-state index is 12.6. The zero-order chi connectivity index (χ0) is 16.1. The van der Waals surface area contributed by atoms with Crippen molar-refractivity contribution in [3.05, 3.63) is 78.1 Å². The predicted molar refractivity (Wildman–Crippen MR) is 88.2 cm³/mol. The first kappa shape index (κ1) is 15.0. The van der Waals surface area contributed by atoms with Crippen LogP contribution in [0.2, 0.25) is 0 Å². The summed E-state index contributed by atoms with van der Waals surface area (Å²) in [5, 5.41) is 8.08. The highest BCUT2D eigenvalue weighted by Crippen LogP contribution is 2.10. The van der Waals surface area contributed by atoms with Crippen molar-refractivity contribution in [2.24, 2.45) is 0 Å². The number of aromatic nitrogens is 3. The van der Waals surface area contributed by atoms with Crippen molar-refractivity contribution in [2.45, 2.75) is 13.5 Å². The molecule has 0 unspecified atom stereocenters. The molecule has 0 atom stereocenters. The number of benzene rings is 2. The fraction of sp³-hybridized carbons (Fsp3) is 0.167. The second-order valence-electron chi connectivity index (χ2n) is 5.19. The average Bonchev–Trinajstić information content (AvgIpc) is 3.11. The highest BCUT2D eigenvalue weighted by molar-refractivity contribution is 5.92. The van der Waals surface area contributed by atoms with Gasteiger partial charge >= 0.3 is 0 Å². The van der Waals surface area contributed by atoms with Crippen LogP contribution in [0.1, 0.15) is 23.0 Å². The normalized spacial score (nSPS) is 10.5. The van der Waals surface area contributed by atoms with E-state index in [4.69, 9.17) is 0 Å². The minimum Gasteiger partial charge on any atom is -0.333 e. The second-order valence-corrected chi connectivity index (χ2v) is 5.19. The molecule has 5 heteroatoms. The van der Waals surface area contributed by atoms with E-state index in [0.29, 0.717) is 18.8 Å². The fourth-order valence-electron chi connectivity index (χ4n) is 2.36. The molecule has 1 heterocycles. The van der Waals surface area contributed by atoms with Crippen molar-refractivity contribution < 1.29 is 4.79 Å². The Labute approximate surface area is 135 Å². The third kappa shape index (κ3) is 3.45. The number of hydrogen-bond acceptors (Lipinski definition) is 3. The molecular formula is C18H18N4O. The topological polar surface area (TPSA) is 51.0 Å². The fourth-order valence-corrected chi connectivity index (χ4v) is 2.36. The Morgan fingerprint density at radius 2 is 1.70 bits per heavy atom. The third-order valence-corrected chi connectivity index (χ3v) is 3.62. The first-order valence-corrected chi connectivity index (χ1v) is 7.59. The number of amides is 1. The van der Waals surface area contributed by atoms with Gasteiger partial charge in [-0.1, -0.05) is 53.7 Å². The van der Waals surface area contributed by atoms with Gasteiger partial charge in [0.05, 0.1) is 11.9 Å². The minimum atomic E-state index is -0.112. The van der Waals surface area contributed by atoms with E-state index in [1.807, 2.05) is 67.6 Å². The lowest BCUT2D eigenvalue weighted by Crippen LogP contribution is -2.30. The molecule has 0 saturated carbocycles. The Kier molecular flexibility index (Phi) is 4.47. The quantitative estimate of drug-likeness (QED) is 0.728. The smallest absolute Gasteiger partial charge is 0.276 e. The second kappa shape index (κ2) is 6.87. The molecule has 0 aliphatic carbocycles. The lowest BCUT2D eigenvalue weighted by Gasteiger charge is -2.19. The summed E-state index contributed by atoms with van der Waals surface area (Å²) < 4.78 is 1.61. The Hall–Kier alpha value is -2.95. The minimum absolute atomic E-state index is 0.112. The average molecular weight is 306 g/mol. The van der Waals surface area contributed by atoms with Crippen LogP contribution in [-0.4, -0.2) is 32.3 Å². The molecule has 3 rings (SSSR count). The van der Waals surface area contributed by atoms with Gasteiger partial charge in [0.1, 0.15) is 0 Å². The molecule has 2 aromatic carbocycles. The van der Waals surface area contributed by atoms with Gasteiger partial charge in [-0.15, -0.1) is 5.10 Å². The van der Waals surface area contributed by atoms with Crippen LogP contribution in [0.3, 0.4) is 0 Å². The Balaban J connectivity index is 1.78. The molecule has 0 bridgehead atoms. The molecule has 23 heavy (non-hydrogen) atoms. The molecule has 0 aliphatic heterocycles. The summed E-state index contributed by atoms with van der Waals surface area (Å²) in [6.45, 7) is 3.14. The predicted octanol–water partition coefficient (Wildman–Crippen LogP) is 2.93. The van der Waals surface area contributed by atoms with Crippen LogP contribution < -0.4 is 0 Å². The Bertz CT molecular complexity index is 768. The zero-order valence-corrected chi connectivity index (χ0v) is 13.0. The molecule has 5 nitrogen and oxygen atoms in total. The number of hydrogen-bond donors (Lipinski definition) is 0. The molecule has 0 spiro atoms. The maximum Gasteiger partial charge on any atom is 0.276 e. The summed E-state index contributed by atoms with van der Waals surface area (Å²) in [4.78, 5) is 14.4. The molecule has 0 N–H and O–H groups in total. The number of para-hydroxylation sites is 1. The van der Waals surface area contributed by atoms with Crippen LogP contribution in [0.5, 0.6) is 0 Å². The van der Waals surface area contributed by atoms with E-state index >= 15 is 0 Å². The van der Waals surface area contributed by atoms with Gasteiger partial charge in [0.25, 0.3) is 5.91 Å². The van der Waals surface area contributed by atoms with Gasteiger partial charge in [-0.25, -0.2) is 4.68 Å². The van der Waals surface area contributed by atoms with Crippen molar-refractivity contribution in [1.82, 2.24) is 19.9 Å². The number of rotatable bonds is 5. The highest BCUT2D eigenvalue weighted by Gasteiger charge is 2.18. The van der Waals surface area contributed by atoms with Crippen molar-refractivity contribution in [3.8, 4) is 5.69 Å².